The van der Waals surface area contributed by atoms with E-state index in [4.69, 9.17) is 10.00 Å². The highest BCUT2D eigenvalue weighted by Gasteiger charge is 2.05. The van der Waals surface area contributed by atoms with Crippen molar-refractivity contribution in [2.24, 2.45) is 0 Å². The molecule has 0 aliphatic carbocycles. The Hall–Kier alpha value is -1.44. The van der Waals surface area contributed by atoms with Gasteiger partial charge in [0, 0.05) is 9.37 Å². The Labute approximate surface area is 119 Å². The Morgan fingerprint density at radius 3 is 2.72 bits per heavy atom. The lowest BCUT2D eigenvalue weighted by Crippen LogP contribution is -1.87. The number of benzene rings is 2. The number of hydrogen-bond acceptors (Lipinski definition) is 3. The molecule has 0 spiro atoms. The van der Waals surface area contributed by atoms with Crippen molar-refractivity contribution in [3.05, 3.63) is 52.5 Å². The molecule has 0 N–H and O–H groups in total. The summed E-state index contributed by atoms with van der Waals surface area (Å²) in [5, 5.41) is 8.92. The van der Waals surface area contributed by atoms with E-state index in [9.17, 15) is 0 Å². The van der Waals surface area contributed by atoms with Crippen LogP contribution < -0.4 is 4.74 Å². The Kier molecular flexibility index (Phi) is 4.29. The van der Waals surface area contributed by atoms with Gasteiger partial charge in [-0.05, 0) is 36.6 Å². The fourth-order valence-electron chi connectivity index (χ4n) is 1.52. The van der Waals surface area contributed by atoms with Crippen LogP contribution >= 0.6 is 27.7 Å². The van der Waals surface area contributed by atoms with Crippen molar-refractivity contribution < 1.29 is 4.74 Å². The van der Waals surface area contributed by atoms with E-state index in [1.165, 1.54) is 0 Å². The molecule has 0 unspecified atom stereocenters. The van der Waals surface area contributed by atoms with Crippen molar-refractivity contribution >= 4 is 27.7 Å². The minimum absolute atomic E-state index is 0.570. The SMILES string of the molecule is CSc1ccccc1Oc1cc(Br)cc(C#N)c1. The fourth-order valence-corrected chi connectivity index (χ4v) is 2.51. The minimum Gasteiger partial charge on any atom is -0.456 e. The standard InChI is InChI=1S/C14H10BrNOS/c1-18-14-5-3-2-4-13(14)17-12-7-10(9-16)6-11(15)8-12/h2-8H,1H3. The zero-order chi connectivity index (χ0) is 13.0. The lowest BCUT2D eigenvalue weighted by molar-refractivity contribution is 0.470. The maximum absolute atomic E-state index is 8.92. The van der Waals surface area contributed by atoms with Gasteiger partial charge in [0.25, 0.3) is 0 Å². The second-order valence-corrected chi connectivity index (χ2v) is 5.30. The van der Waals surface area contributed by atoms with E-state index in [0.29, 0.717) is 11.3 Å². The summed E-state index contributed by atoms with van der Waals surface area (Å²) in [4.78, 5) is 1.07. The number of nitriles is 1. The van der Waals surface area contributed by atoms with Crippen molar-refractivity contribution in [1.29, 1.82) is 5.26 Å². The fraction of sp³-hybridized carbons (Fsp3) is 0.0714. The highest BCUT2D eigenvalue weighted by Crippen LogP contribution is 2.32. The summed E-state index contributed by atoms with van der Waals surface area (Å²) in [7, 11) is 0. The van der Waals surface area contributed by atoms with Crippen LogP contribution in [0.1, 0.15) is 5.56 Å². The van der Waals surface area contributed by atoms with E-state index in [2.05, 4.69) is 22.0 Å². The van der Waals surface area contributed by atoms with E-state index >= 15 is 0 Å². The van der Waals surface area contributed by atoms with E-state index in [1.807, 2.05) is 36.6 Å². The lowest BCUT2D eigenvalue weighted by Gasteiger charge is -2.09. The molecule has 2 aromatic rings. The Morgan fingerprint density at radius 1 is 1.22 bits per heavy atom. The molecule has 0 atom stereocenters. The molecule has 0 heterocycles. The summed E-state index contributed by atoms with van der Waals surface area (Å²) in [5.74, 6) is 1.45. The third kappa shape index (κ3) is 3.06. The Balaban J connectivity index is 2.34. The molecule has 0 bridgehead atoms. The molecule has 0 saturated carbocycles. The molecule has 0 radical (unpaired) electrons. The van der Waals surface area contributed by atoms with Crippen LogP contribution in [0.3, 0.4) is 0 Å². The van der Waals surface area contributed by atoms with Crippen LogP contribution in [0, 0.1) is 11.3 Å². The van der Waals surface area contributed by atoms with Crippen molar-refractivity contribution in [2.75, 3.05) is 6.26 Å². The molecule has 90 valence electrons. The first-order chi connectivity index (χ1) is 8.72. The van der Waals surface area contributed by atoms with Gasteiger partial charge in [-0.1, -0.05) is 28.1 Å². The number of para-hydroxylation sites is 1. The van der Waals surface area contributed by atoms with Crippen LogP contribution in [0.5, 0.6) is 11.5 Å². The van der Waals surface area contributed by atoms with Gasteiger partial charge < -0.3 is 4.74 Å². The molecule has 2 nitrogen and oxygen atoms in total. The van der Waals surface area contributed by atoms with Gasteiger partial charge in [-0.2, -0.15) is 5.26 Å². The molecule has 2 aromatic carbocycles. The number of halogens is 1. The van der Waals surface area contributed by atoms with Gasteiger partial charge in [-0.15, -0.1) is 11.8 Å². The topological polar surface area (TPSA) is 33.0 Å². The number of rotatable bonds is 3. The third-order valence-corrected chi connectivity index (χ3v) is 3.53. The van der Waals surface area contributed by atoms with Crippen molar-refractivity contribution in [1.82, 2.24) is 0 Å². The molecule has 4 heteroatoms. The molecule has 0 aliphatic rings. The monoisotopic (exact) mass is 319 g/mol. The quantitative estimate of drug-likeness (QED) is 0.759. The summed E-state index contributed by atoms with van der Waals surface area (Å²) in [6.45, 7) is 0. The molecule has 0 saturated heterocycles. The summed E-state index contributed by atoms with van der Waals surface area (Å²) in [5.41, 5.74) is 0.570. The van der Waals surface area contributed by atoms with Gasteiger partial charge in [0.05, 0.1) is 11.6 Å². The second kappa shape index (κ2) is 5.94. The minimum atomic E-state index is 0.570. The maximum Gasteiger partial charge on any atom is 0.140 e. The zero-order valence-corrected chi connectivity index (χ0v) is 12.1. The van der Waals surface area contributed by atoms with Crippen molar-refractivity contribution in [3.8, 4) is 17.6 Å². The van der Waals surface area contributed by atoms with Crippen LogP contribution in [0.2, 0.25) is 0 Å². The first-order valence-electron chi connectivity index (χ1n) is 5.24. The molecule has 0 amide bonds. The molecule has 18 heavy (non-hydrogen) atoms. The van der Waals surface area contributed by atoms with Gasteiger partial charge >= 0.3 is 0 Å². The summed E-state index contributed by atoms with van der Waals surface area (Å²) in [6.07, 6.45) is 2.00. The molecule has 0 fully saturated rings. The summed E-state index contributed by atoms with van der Waals surface area (Å²) in [6, 6.07) is 15.3. The number of nitrogens with zero attached hydrogens (tertiary/aromatic N) is 1. The Bertz CT molecular complexity index is 607. The average molecular weight is 320 g/mol. The van der Waals surface area contributed by atoms with Crippen LogP contribution in [-0.4, -0.2) is 6.26 Å². The largest absolute Gasteiger partial charge is 0.456 e. The smallest absolute Gasteiger partial charge is 0.140 e. The highest BCUT2D eigenvalue weighted by molar-refractivity contribution is 9.10. The van der Waals surface area contributed by atoms with E-state index in [0.717, 1.165) is 15.1 Å². The summed E-state index contributed by atoms with van der Waals surface area (Å²) >= 11 is 4.99. The molecular formula is C14H10BrNOS. The average Bonchev–Trinajstić information content (AvgIpc) is 2.38. The first-order valence-corrected chi connectivity index (χ1v) is 7.26. The van der Waals surface area contributed by atoms with E-state index in [-0.39, 0.29) is 0 Å². The van der Waals surface area contributed by atoms with E-state index < -0.39 is 0 Å². The predicted octanol–water partition coefficient (Wildman–Crippen LogP) is 4.83. The summed E-state index contributed by atoms with van der Waals surface area (Å²) < 4.78 is 6.65. The van der Waals surface area contributed by atoms with Gasteiger partial charge in [0.1, 0.15) is 11.5 Å². The van der Waals surface area contributed by atoms with Crippen molar-refractivity contribution in [3.63, 3.8) is 0 Å². The zero-order valence-electron chi connectivity index (χ0n) is 9.68. The molecule has 0 aliphatic heterocycles. The van der Waals surface area contributed by atoms with Crippen LogP contribution in [0.25, 0.3) is 0 Å². The lowest BCUT2D eigenvalue weighted by atomic mass is 10.2. The number of thioether (sulfide) groups is 1. The van der Waals surface area contributed by atoms with Gasteiger partial charge in [-0.3, -0.25) is 0 Å². The van der Waals surface area contributed by atoms with Crippen LogP contribution in [-0.2, 0) is 0 Å². The molecule has 2 rings (SSSR count). The number of ether oxygens (including phenoxy) is 1. The van der Waals surface area contributed by atoms with E-state index in [1.54, 1.807) is 23.9 Å². The van der Waals surface area contributed by atoms with Gasteiger partial charge in [0.15, 0.2) is 0 Å². The van der Waals surface area contributed by atoms with Crippen molar-refractivity contribution in [2.45, 2.75) is 4.90 Å². The van der Waals surface area contributed by atoms with Gasteiger partial charge in [-0.25, -0.2) is 0 Å². The third-order valence-electron chi connectivity index (χ3n) is 2.30. The first kappa shape index (κ1) is 13.0. The van der Waals surface area contributed by atoms with Crippen LogP contribution in [0.15, 0.2) is 51.8 Å². The van der Waals surface area contributed by atoms with Crippen LogP contribution in [0.4, 0.5) is 0 Å². The van der Waals surface area contributed by atoms with Gasteiger partial charge in [0.2, 0.25) is 0 Å². The molecular weight excluding hydrogens is 310 g/mol. The molecule has 0 aromatic heterocycles. The number of hydrogen-bond donors (Lipinski definition) is 0. The maximum atomic E-state index is 8.92. The normalized spacial score (nSPS) is 9.83. The second-order valence-electron chi connectivity index (χ2n) is 3.54. The Morgan fingerprint density at radius 2 is 2.00 bits per heavy atom. The highest BCUT2D eigenvalue weighted by atomic mass is 79.9. The predicted molar refractivity (Wildman–Crippen MR) is 77.2 cm³/mol.